The molecule has 20 heavy (non-hydrogen) atoms. The smallest absolute Gasteiger partial charge is 0.255 e. The molecule has 0 aromatic heterocycles. The van der Waals surface area contributed by atoms with E-state index in [0.29, 0.717) is 6.42 Å². The molecule has 2 rings (SSSR count). The van der Waals surface area contributed by atoms with Crippen LogP contribution in [-0.2, 0) is 16.0 Å². The lowest BCUT2D eigenvalue weighted by Crippen LogP contribution is -2.47. The van der Waals surface area contributed by atoms with Crippen LogP contribution in [0.25, 0.3) is 0 Å². The summed E-state index contributed by atoms with van der Waals surface area (Å²) in [5.41, 5.74) is 0.880. The molecule has 1 N–H and O–H groups in total. The first-order chi connectivity index (χ1) is 9.56. The number of alkyl halides is 2. The molecule has 1 aliphatic rings. The van der Waals surface area contributed by atoms with E-state index >= 15 is 0 Å². The Hall–Kier alpha value is -1.98. The molecule has 1 atom stereocenters. The Morgan fingerprint density at radius 3 is 2.60 bits per heavy atom. The van der Waals surface area contributed by atoms with E-state index in [4.69, 9.17) is 0 Å². The fourth-order valence-electron chi connectivity index (χ4n) is 2.23. The molecule has 1 unspecified atom stereocenters. The van der Waals surface area contributed by atoms with Gasteiger partial charge < -0.3 is 10.2 Å². The second-order valence-corrected chi connectivity index (χ2v) is 4.74. The van der Waals surface area contributed by atoms with Crippen molar-refractivity contribution in [2.45, 2.75) is 25.3 Å². The van der Waals surface area contributed by atoms with E-state index in [1.165, 1.54) is 0 Å². The van der Waals surface area contributed by atoms with Crippen LogP contribution in [0, 0.1) is 0 Å². The van der Waals surface area contributed by atoms with E-state index < -0.39 is 24.9 Å². The van der Waals surface area contributed by atoms with Gasteiger partial charge in [-0.3, -0.25) is 9.59 Å². The minimum absolute atomic E-state index is 0.0420. The number of nitrogens with one attached hydrogen (secondary N) is 1. The SMILES string of the molecule is O=C1CCN(CC(F)F)C(=O)C(Cc2ccccc2)N1. The van der Waals surface area contributed by atoms with Crippen molar-refractivity contribution in [2.75, 3.05) is 13.1 Å². The van der Waals surface area contributed by atoms with Gasteiger partial charge in [0.05, 0.1) is 6.54 Å². The third-order valence-corrected chi connectivity index (χ3v) is 3.19. The lowest BCUT2D eigenvalue weighted by atomic mass is 10.1. The molecule has 0 saturated carbocycles. The molecular formula is C14H16F2N2O2. The highest BCUT2D eigenvalue weighted by Crippen LogP contribution is 2.11. The standard InChI is InChI=1S/C14H16F2N2O2/c15-12(16)9-18-7-6-13(19)17-11(14(18)20)8-10-4-2-1-3-5-10/h1-5,11-12H,6-9H2,(H,17,19). The van der Waals surface area contributed by atoms with Gasteiger partial charge in [0.25, 0.3) is 6.43 Å². The lowest BCUT2D eigenvalue weighted by molar-refractivity contribution is -0.135. The highest BCUT2D eigenvalue weighted by atomic mass is 19.3. The summed E-state index contributed by atoms with van der Waals surface area (Å²) in [5, 5.41) is 2.61. The normalized spacial score (nSPS) is 19.9. The summed E-state index contributed by atoms with van der Waals surface area (Å²) >= 11 is 0. The molecule has 1 aromatic rings. The number of carbonyl (C=O) groups excluding carboxylic acids is 2. The van der Waals surface area contributed by atoms with Crippen molar-refractivity contribution in [3.63, 3.8) is 0 Å². The maximum atomic E-state index is 12.5. The van der Waals surface area contributed by atoms with Crippen molar-refractivity contribution < 1.29 is 18.4 Å². The minimum Gasteiger partial charge on any atom is -0.344 e. The summed E-state index contributed by atoms with van der Waals surface area (Å²) in [6, 6.07) is 8.40. The largest absolute Gasteiger partial charge is 0.344 e. The summed E-state index contributed by atoms with van der Waals surface area (Å²) in [6.45, 7) is -0.584. The number of halogens is 2. The van der Waals surface area contributed by atoms with Crippen LogP contribution in [0.3, 0.4) is 0 Å². The Bertz CT molecular complexity index is 479. The molecule has 0 aliphatic carbocycles. The number of nitrogens with zero attached hydrogens (tertiary/aromatic N) is 1. The monoisotopic (exact) mass is 282 g/mol. The van der Waals surface area contributed by atoms with Crippen LogP contribution in [0.1, 0.15) is 12.0 Å². The number of hydrogen-bond donors (Lipinski definition) is 1. The van der Waals surface area contributed by atoms with Crippen LogP contribution in [0.4, 0.5) is 8.78 Å². The Balaban J connectivity index is 2.12. The van der Waals surface area contributed by atoms with E-state index in [1.54, 1.807) is 0 Å². The van der Waals surface area contributed by atoms with Gasteiger partial charge >= 0.3 is 0 Å². The van der Waals surface area contributed by atoms with Gasteiger partial charge in [-0.15, -0.1) is 0 Å². The average molecular weight is 282 g/mol. The maximum absolute atomic E-state index is 12.5. The highest BCUT2D eigenvalue weighted by molar-refractivity contribution is 5.90. The molecule has 1 saturated heterocycles. The first-order valence-electron chi connectivity index (χ1n) is 6.46. The molecule has 0 spiro atoms. The van der Waals surface area contributed by atoms with Gasteiger partial charge in [0.2, 0.25) is 11.8 Å². The molecule has 1 heterocycles. The van der Waals surface area contributed by atoms with Crippen LogP contribution in [0.15, 0.2) is 30.3 Å². The summed E-state index contributed by atoms with van der Waals surface area (Å²) < 4.78 is 25.0. The summed E-state index contributed by atoms with van der Waals surface area (Å²) in [5.74, 6) is -0.726. The average Bonchev–Trinajstić information content (AvgIpc) is 2.53. The van der Waals surface area contributed by atoms with E-state index in [2.05, 4.69) is 5.32 Å². The second-order valence-electron chi connectivity index (χ2n) is 4.74. The predicted molar refractivity (Wildman–Crippen MR) is 69.3 cm³/mol. The molecule has 0 bridgehead atoms. The van der Waals surface area contributed by atoms with E-state index in [9.17, 15) is 18.4 Å². The van der Waals surface area contributed by atoms with Crippen LogP contribution in [-0.4, -0.2) is 42.3 Å². The Labute approximate surface area is 115 Å². The third kappa shape index (κ3) is 3.76. The summed E-state index contributed by atoms with van der Waals surface area (Å²) in [6.07, 6.45) is -2.22. The fourth-order valence-corrected chi connectivity index (χ4v) is 2.23. The van der Waals surface area contributed by atoms with Crippen LogP contribution >= 0.6 is 0 Å². The van der Waals surface area contributed by atoms with Crippen molar-refractivity contribution in [1.82, 2.24) is 10.2 Å². The number of hydrogen-bond acceptors (Lipinski definition) is 2. The maximum Gasteiger partial charge on any atom is 0.255 e. The molecule has 108 valence electrons. The van der Waals surface area contributed by atoms with Gasteiger partial charge in [0.15, 0.2) is 0 Å². The first-order valence-corrected chi connectivity index (χ1v) is 6.46. The first kappa shape index (κ1) is 14.4. The topological polar surface area (TPSA) is 49.4 Å². The van der Waals surface area contributed by atoms with Crippen molar-refractivity contribution in [1.29, 1.82) is 0 Å². The quantitative estimate of drug-likeness (QED) is 0.902. The lowest BCUT2D eigenvalue weighted by Gasteiger charge is -2.23. The van der Waals surface area contributed by atoms with Crippen molar-refractivity contribution in [3.8, 4) is 0 Å². The van der Waals surface area contributed by atoms with E-state index in [-0.39, 0.29) is 18.9 Å². The van der Waals surface area contributed by atoms with Gasteiger partial charge in [0.1, 0.15) is 6.04 Å². The third-order valence-electron chi connectivity index (χ3n) is 3.19. The zero-order valence-corrected chi connectivity index (χ0v) is 10.9. The number of benzene rings is 1. The molecule has 1 aliphatic heterocycles. The zero-order valence-electron chi connectivity index (χ0n) is 10.9. The Kier molecular flexibility index (Phi) is 4.65. The molecule has 4 nitrogen and oxygen atoms in total. The van der Waals surface area contributed by atoms with Crippen molar-refractivity contribution in [3.05, 3.63) is 35.9 Å². The van der Waals surface area contributed by atoms with Crippen LogP contribution in [0.2, 0.25) is 0 Å². The van der Waals surface area contributed by atoms with Crippen LogP contribution < -0.4 is 5.32 Å². The fraction of sp³-hybridized carbons (Fsp3) is 0.429. The van der Waals surface area contributed by atoms with Gasteiger partial charge in [-0.25, -0.2) is 8.78 Å². The van der Waals surface area contributed by atoms with E-state index in [1.807, 2.05) is 30.3 Å². The number of carbonyl (C=O) groups is 2. The molecule has 1 fully saturated rings. The highest BCUT2D eigenvalue weighted by Gasteiger charge is 2.31. The molecule has 1 aromatic carbocycles. The molecule has 6 heteroatoms. The van der Waals surface area contributed by atoms with Gasteiger partial charge in [-0.1, -0.05) is 30.3 Å². The van der Waals surface area contributed by atoms with Gasteiger partial charge in [-0.05, 0) is 5.56 Å². The second kappa shape index (κ2) is 6.45. The zero-order chi connectivity index (χ0) is 14.5. The Morgan fingerprint density at radius 1 is 1.25 bits per heavy atom. The van der Waals surface area contributed by atoms with Crippen LogP contribution in [0.5, 0.6) is 0 Å². The number of rotatable bonds is 4. The molecule has 2 amide bonds. The van der Waals surface area contributed by atoms with Crippen molar-refractivity contribution >= 4 is 11.8 Å². The summed E-state index contributed by atoms with van der Waals surface area (Å²) in [7, 11) is 0. The van der Waals surface area contributed by atoms with E-state index in [0.717, 1.165) is 10.5 Å². The molecule has 0 radical (unpaired) electrons. The molecular weight excluding hydrogens is 266 g/mol. The van der Waals surface area contributed by atoms with Gasteiger partial charge in [-0.2, -0.15) is 0 Å². The Morgan fingerprint density at radius 2 is 1.95 bits per heavy atom. The van der Waals surface area contributed by atoms with Crippen molar-refractivity contribution in [2.24, 2.45) is 0 Å². The van der Waals surface area contributed by atoms with Gasteiger partial charge in [0, 0.05) is 19.4 Å². The summed E-state index contributed by atoms with van der Waals surface area (Å²) in [4.78, 5) is 24.9. The predicted octanol–water partition coefficient (Wildman–Crippen LogP) is 1.21. The number of amides is 2. The minimum atomic E-state index is -2.59.